The largest absolute Gasteiger partial charge is 0.366 e. The summed E-state index contributed by atoms with van der Waals surface area (Å²) >= 11 is 5.86. The van der Waals surface area contributed by atoms with Crippen LogP contribution in [-0.2, 0) is 9.59 Å². The van der Waals surface area contributed by atoms with Gasteiger partial charge in [0, 0.05) is 10.7 Å². The minimum atomic E-state index is -0.918. The van der Waals surface area contributed by atoms with E-state index in [9.17, 15) is 14.4 Å². The summed E-state index contributed by atoms with van der Waals surface area (Å²) in [5.74, 6) is -2.50. The highest BCUT2D eigenvalue weighted by Crippen LogP contribution is 2.20. The SMILES string of the molecule is Cc1ccc(Cl)cc1NC(=O)C(=O)Nc1ccccc1C(N)=O. The maximum Gasteiger partial charge on any atom is 0.314 e. The molecule has 0 aliphatic heterocycles. The van der Waals surface area contributed by atoms with Crippen molar-refractivity contribution in [3.63, 3.8) is 0 Å². The molecule has 2 rings (SSSR count). The summed E-state index contributed by atoms with van der Waals surface area (Å²) in [4.78, 5) is 35.3. The number of benzene rings is 2. The van der Waals surface area contributed by atoms with Crippen molar-refractivity contribution in [3.8, 4) is 0 Å². The van der Waals surface area contributed by atoms with Gasteiger partial charge in [-0.1, -0.05) is 29.8 Å². The van der Waals surface area contributed by atoms with Crippen molar-refractivity contribution >= 4 is 40.7 Å². The van der Waals surface area contributed by atoms with Crippen molar-refractivity contribution in [2.24, 2.45) is 5.73 Å². The van der Waals surface area contributed by atoms with E-state index in [2.05, 4.69) is 10.6 Å². The van der Waals surface area contributed by atoms with Crippen LogP contribution >= 0.6 is 11.6 Å². The van der Waals surface area contributed by atoms with Crippen LogP contribution in [0.4, 0.5) is 11.4 Å². The molecule has 2 aromatic carbocycles. The minimum Gasteiger partial charge on any atom is -0.366 e. The quantitative estimate of drug-likeness (QED) is 0.752. The standard InChI is InChI=1S/C16H14ClN3O3/c1-9-6-7-10(17)8-13(9)20-16(23)15(22)19-12-5-3-2-4-11(12)14(18)21/h2-8H,1H3,(H2,18,21)(H,19,22)(H,20,23). The van der Waals surface area contributed by atoms with Gasteiger partial charge >= 0.3 is 11.8 Å². The van der Waals surface area contributed by atoms with Crippen molar-refractivity contribution in [1.82, 2.24) is 0 Å². The van der Waals surface area contributed by atoms with Crippen LogP contribution in [0.25, 0.3) is 0 Å². The molecule has 6 nitrogen and oxygen atoms in total. The molecule has 2 aromatic rings. The van der Waals surface area contributed by atoms with Gasteiger partial charge in [0.25, 0.3) is 5.91 Å². The molecule has 7 heteroatoms. The van der Waals surface area contributed by atoms with E-state index in [-0.39, 0.29) is 11.3 Å². The van der Waals surface area contributed by atoms with Crippen LogP contribution < -0.4 is 16.4 Å². The van der Waals surface area contributed by atoms with Gasteiger partial charge in [-0.3, -0.25) is 14.4 Å². The Kier molecular flexibility index (Phi) is 4.98. The van der Waals surface area contributed by atoms with Crippen molar-refractivity contribution in [2.75, 3.05) is 10.6 Å². The number of hydrogen-bond donors (Lipinski definition) is 3. The number of carbonyl (C=O) groups is 3. The molecule has 0 fully saturated rings. The first-order valence-corrected chi connectivity index (χ1v) is 7.03. The molecule has 0 bridgehead atoms. The lowest BCUT2D eigenvalue weighted by atomic mass is 10.1. The zero-order valence-electron chi connectivity index (χ0n) is 12.2. The van der Waals surface area contributed by atoms with Crippen molar-refractivity contribution in [1.29, 1.82) is 0 Å². The fourth-order valence-electron chi connectivity index (χ4n) is 1.89. The highest BCUT2D eigenvalue weighted by atomic mass is 35.5. The van der Waals surface area contributed by atoms with Crippen molar-refractivity contribution < 1.29 is 14.4 Å². The third kappa shape index (κ3) is 4.08. The number of rotatable bonds is 3. The molecule has 0 aliphatic carbocycles. The summed E-state index contributed by atoms with van der Waals surface area (Å²) in [6, 6.07) is 11.1. The maximum absolute atomic E-state index is 12.0. The number of nitrogens with two attached hydrogens (primary N) is 1. The van der Waals surface area contributed by atoms with E-state index in [1.165, 1.54) is 12.1 Å². The minimum absolute atomic E-state index is 0.118. The van der Waals surface area contributed by atoms with E-state index in [0.29, 0.717) is 10.7 Å². The first-order valence-electron chi connectivity index (χ1n) is 6.66. The molecule has 0 saturated heterocycles. The molecule has 0 atom stereocenters. The van der Waals surface area contributed by atoms with Gasteiger partial charge in [-0.2, -0.15) is 0 Å². The van der Waals surface area contributed by atoms with Crippen LogP contribution in [0, 0.1) is 6.92 Å². The Hall–Kier alpha value is -2.86. The number of halogens is 1. The van der Waals surface area contributed by atoms with Gasteiger partial charge in [0.2, 0.25) is 0 Å². The normalized spacial score (nSPS) is 10.0. The third-order valence-corrected chi connectivity index (χ3v) is 3.33. The van der Waals surface area contributed by atoms with E-state index in [4.69, 9.17) is 17.3 Å². The molecule has 0 saturated carbocycles. The number of primary amides is 1. The Bertz CT molecular complexity index is 790. The molecular formula is C16H14ClN3O3. The lowest BCUT2D eigenvalue weighted by Crippen LogP contribution is -2.30. The van der Waals surface area contributed by atoms with E-state index in [1.807, 2.05) is 0 Å². The van der Waals surface area contributed by atoms with Crippen LogP contribution in [0.1, 0.15) is 15.9 Å². The summed E-state index contributed by atoms with van der Waals surface area (Å²) in [5.41, 5.74) is 6.70. The Balaban J connectivity index is 2.14. The highest BCUT2D eigenvalue weighted by molar-refractivity contribution is 6.44. The van der Waals surface area contributed by atoms with Crippen LogP contribution in [0.2, 0.25) is 5.02 Å². The lowest BCUT2D eigenvalue weighted by molar-refractivity contribution is -0.133. The number of hydrogen-bond acceptors (Lipinski definition) is 3. The summed E-state index contributed by atoms with van der Waals surface area (Å²) in [7, 11) is 0. The van der Waals surface area contributed by atoms with Crippen LogP contribution in [0.5, 0.6) is 0 Å². The zero-order valence-corrected chi connectivity index (χ0v) is 13.0. The molecule has 23 heavy (non-hydrogen) atoms. The average Bonchev–Trinajstić information content (AvgIpc) is 2.51. The predicted molar refractivity (Wildman–Crippen MR) is 88.4 cm³/mol. The monoisotopic (exact) mass is 331 g/mol. The number of carbonyl (C=O) groups excluding carboxylic acids is 3. The molecule has 0 unspecified atom stereocenters. The van der Waals surface area contributed by atoms with Gasteiger partial charge in [-0.15, -0.1) is 0 Å². The van der Waals surface area contributed by atoms with Gasteiger partial charge in [0.15, 0.2) is 0 Å². The second-order valence-electron chi connectivity index (χ2n) is 4.78. The fraction of sp³-hybridized carbons (Fsp3) is 0.0625. The number of aryl methyl sites for hydroxylation is 1. The molecule has 4 N–H and O–H groups in total. The molecule has 0 radical (unpaired) electrons. The van der Waals surface area contributed by atoms with Gasteiger partial charge < -0.3 is 16.4 Å². The maximum atomic E-state index is 12.0. The smallest absolute Gasteiger partial charge is 0.314 e. The average molecular weight is 332 g/mol. The summed E-state index contributed by atoms with van der Waals surface area (Å²) in [6.45, 7) is 1.77. The Morgan fingerprint density at radius 2 is 1.57 bits per heavy atom. The predicted octanol–water partition coefficient (Wildman–Crippen LogP) is 2.32. The Labute approximate surface area is 137 Å². The van der Waals surface area contributed by atoms with E-state index >= 15 is 0 Å². The first-order chi connectivity index (χ1) is 10.9. The van der Waals surface area contributed by atoms with Gasteiger partial charge in [-0.25, -0.2) is 0 Å². The second-order valence-corrected chi connectivity index (χ2v) is 5.21. The van der Waals surface area contributed by atoms with Crippen molar-refractivity contribution in [3.05, 3.63) is 58.6 Å². The number of para-hydroxylation sites is 1. The Morgan fingerprint density at radius 3 is 2.22 bits per heavy atom. The summed E-state index contributed by atoms with van der Waals surface area (Å²) in [6.07, 6.45) is 0. The third-order valence-electron chi connectivity index (χ3n) is 3.09. The molecule has 0 heterocycles. The zero-order chi connectivity index (χ0) is 17.0. The van der Waals surface area contributed by atoms with E-state index < -0.39 is 17.7 Å². The van der Waals surface area contributed by atoms with Crippen LogP contribution in [0.15, 0.2) is 42.5 Å². The number of nitrogens with one attached hydrogen (secondary N) is 2. The molecule has 0 aromatic heterocycles. The fourth-order valence-corrected chi connectivity index (χ4v) is 2.07. The van der Waals surface area contributed by atoms with Crippen LogP contribution in [-0.4, -0.2) is 17.7 Å². The number of anilines is 2. The van der Waals surface area contributed by atoms with Gasteiger partial charge in [0.1, 0.15) is 0 Å². The molecule has 0 aliphatic rings. The topological polar surface area (TPSA) is 101 Å². The lowest BCUT2D eigenvalue weighted by Gasteiger charge is -2.10. The Morgan fingerprint density at radius 1 is 0.957 bits per heavy atom. The molecule has 3 amide bonds. The molecule has 0 spiro atoms. The van der Waals surface area contributed by atoms with Gasteiger partial charge in [-0.05, 0) is 36.8 Å². The second kappa shape index (κ2) is 6.93. The van der Waals surface area contributed by atoms with E-state index in [0.717, 1.165) is 5.56 Å². The van der Waals surface area contributed by atoms with Crippen LogP contribution in [0.3, 0.4) is 0 Å². The highest BCUT2D eigenvalue weighted by Gasteiger charge is 2.17. The van der Waals surface area contributed by atoms with Crippen molar-refractivity contribution in [2.45, 2.75) is 6.92 Å². The summed E-state index contributed by atoms with van der Waals surface area (Å²) < 4.78 is 0. The molecule has 118 valence electrons. The molecular weight excluding hydrogens is 318 g/mol. The van der Waals surface area contributed by atoms with Gasteiger partial charge in [0.05, 0.1) is 11.3 Å². The summed E-state index contributed by atoms with van der Waals surface area (Å²) in [5, 5.41) is 5.26. The van der Waals surface area contributed by atoms with E-state index in [1.54, 1.807) is 37.3 Å². The first kappa shape index (κ1) is 16.5. The number of amides is 3.